The van der Waals surface area contributed by atoms with Crippen molar-refractivity contribution in [2.45, 2.75) is 63.1 Å². The number of hydrogen-bond acceptors (Lipinski definition) is 6. The summed E-state index contributed by atoms with van der Waals surface area (Å²) in [7, 11) is 0. The molecule has 0 aliphatic carbocycles. The standard InChI is InChI=1S/C28H31F3N4O4/c29-28(30,31)11-13-34-12-10-22(32-15-18-4-2-1-3-5-18)24(17-34)39-20-6-7-21-19(14-20)16-35(27(21)38)23-8-9-25(36)33-26(23)37/h1-7,14,22-24,32H,8-13,15-17H2,(H,33,36,37)/t22-,23?,24-/m0/s1. The number of nitrogens with one attached hydrogen (secondary N) is 2. The van der Waals surface area contributed by atoms with Gasteiger partial charge in [-0.25, -0.2) is 0 Å². The van der Waals surface area contributed by atoms with Crippen LogP contribution in [0.15, 0.2) is 48.5 Å². The predicted octanol–water partition coefficient (Wildman–Crippen LogP) is 3.01. The molecule has 3 heterocycles. The number of hydrogen-bond donors (Lipinski definition) is 2. The maximum atomic E-state index is 13.0. The molecule has 0 spiro atoms. The van der Waals surface area contributed by atoms with Gasteiger partial charge in [-0.15, -0.1) is 0 Å². The first-order valence-electron chi connectivity index (χ1n) is 13.2. The van der Waals surface area contributed by atoms with Crippen LogP contribution in [0.2, 0.25) is 0 Å². The third-order valence-electron chi connectivity index (χ3n) is 7.55. The molecule has 5 rings (SSSR count). The van der Waals surface area contributed by atoms with Gasteiger partial charge in [0.2, 0.25) is 11.8 Å². The van der Waals surface area contributed by atoms with E-state index in [1.807, 2.05) is 30.3 Å². The number of alkyl halides is 3. The highest BCUT2D eigenvalue weighted by atomic mass is 19.4. The monoisotopic (exact) mass is 544 g/mol. The van der Waals surface area contributed by atoms with Crippen molar-refractivity contribution < 1.29 is 32.3 Å². The summed E-state index contributed by atoms with van der Waals surface area (Å²) in [4.78, 5) is 40.1. The number of benzene rings is 2. The van der Waals surface area contributed by atoms with Crippen LogP contribution in [0.5, 0.6) is 5.75 Å². The zero-order valence-corrected chi connectivity index (χ0v) is 21.4. The molecule has 0 radical (unpaired) electrons. The molecule has 3 amide bonds. The van der Waals surface area contributed by atoms with Gasteiger partial charge in [0.1, 0.15) is 17.9 Å². The molecule has 1 unspecified atom stereocenters. The van der Waals surface area contributed by atoms with E-state index in [1.54, 1.807) is 23.1 Å². The lowest BCUT2D eigenvalue weighted by molar-refractivity contribution is -0.140. The Hall–Kier alpha value is -3.44. The molecule has 208 valence electrons. The highest BCUT2D eigenvalue weighted by Gasteiger charge is 2.39. The quantitative estimate of drug-likeness (QED) is 0.497. The number of fused-ring (bicyclic) bond motifs is 1. The van der Waals surface area contributed by atoms with Gasteiger partial charge >= 0.3 is 6.18 Å². The average Bonchev–Trinajstić information content (AvgIpc) is 3.22. The summed E-state index contributed by atoms with van der Waals surface area (Å²) < 4.78 is 44.9. The molecule has 3 aliphatic rings. The fourth-order valence-electron chi connectivity index (χ4n) is 5.47. The number of piperidine rings is 2. The van der Waals surface area contributed by atoms with Crippen molar-refractivity contribution in [1.29, 1.82) is 0 Å². The van der Waals surface area contributed by atoms with Crippen molar-refractivity contribution in [3.8, 4) is 5.75 Å². The van der Waals surface area contributed by atoms with E-state index in [-0.39, 0.29) is 43.8 Å². The molecule has 3 atom stereocenters. The van der Waals surface area contributed by atoms with E-state index < -0.39 is 30.7 Å². The summed E-state index contributed by atoms with van der Waals surface area (Å²) in [6.45, 7) is 1.60. The Morgan fingerprint density at radius 2 is 1.85 bits per heavy atom. The van der Waals surface area contributed by atoms with Crippen LogP contribution in [-0.4, -0.2) is 71.5 Å². The molecule has 0 saturated carbocycles. The maximum absolute atomic E-state index is 13.0. The summed E-state index contributed by atoms with van der Waals surface area (Å²) in [6.07, 6.45) is -4.43. The molecular weight excluding hydrogens is 513 g/mol. The van der Waals surface area contributed by atoms with Crippen LogP contribution >= 0.6 is 0 Å². The third-order valence-corrected chi connectivity index (χ3v) is 7.55. The largest absolute Gasteiger partial charge is 0.487 e. The first-order chi connectivity index (χ1) is 18.7. The van der Waals surface area contributed by atoms with E-state index in [4.69, 9.17) is 4.74 Å². The molecule has 11 heteroatoms. The van der Waals surface area contributed by atoms with Gasteiger partial charge in [-0.05, 0) is 48.7 Å². The van der Waals surface area contributed by atoms with Gasteiger partial charge in [0.05, 0.1) is 6.42 Å². The first-order valence-corrected chi connectivity index (χ1v) is 13.2. The Bertz CT molecular complexity index is 1220. The number of halogens is 3. The summed E-state index contributed by atoms with van der Waals surface area (Å²) in [5.41, 5.74) is 2.28. The van der Waals surface area contributed by atoms with Crippen LogP contribution < -0.4 is 15.4 Å². The summed E-state index contributed by atoms with van der Waals surface area (Å²) in [5.74, 6) is -0.578. The van der Waals surface area contributed by atoms with Gasteiger partial charge in [-0.1, -0.05) is 30.3 Å². The van der Waals surface area contributed by atoms with Gasteiger partial charge in [0.15, 0.2) is 0 Å². The second-order valence-electron chi connectivity index (χ2n) is 10.3. The third kappa shape index (κ3) is 6.59. The van der Waals surface area contributed by atoms with Gasteiger partial charge in [0, 0.05) is 44.2 Å². The highest BCUT2D eigenvalue weighted by Crippen LogP contribution is 2.31. The van der Waals surface area contributed by atoms with Crippen molar-refractivity contribution in [3.05, 3.63) is 65.2 Å². The Balaban J connectivity index is 1.28. The van der Waals surface area contributed by atoms with Crippen molar-refractivity contribution in [2.75, 3.05) is 19.6 Å². The second kappa shape index (κ2) is 11.4. The van der Waals surface area contributed by atoms with Crippen LogP contribution in [0.4, 0.5) is 13.2 Å². The van der Waals surface area contributed by atoms with Gasteiger partial charge in [0.25, 0.3) is 5.91 Å². The van der Waals surface area contributed by atoms with E-state index in [0.29, 0.717) is 42.9 Å². The number of carbonyl (C=O) groups is 3. The molecule has 2 aromatic carbocycles. The molecule has 0 aromatic heterocycles. The molecular formula is C28H31F3N4O4. The van der Waals surface area contributed by atoms with Gasteiger partial charge < -0.3 is 15.0 Å². The van der Waals surface area contributed by atoms with Crippen LogP contribution in [0.1, 0.15) is 47.2 Å². The molecule has 3 aliphatic heterocycles. The van der Waals surface area contributed by atoms with Crippen LogP contribution in [0, 0.1) is 0 Å². The summed E-state index contributed by atoms with van der Waals surface area (Å²) >= 11 is 0. The van der Waals surface area contributed by atoms with E-state index in [9.17, 15) is 27.6 Å². The Labute approximate surface area is 224 Å². The molecule has 0 bridgehead atoms. The Morgan fingerprint density at radius 3 is 2.59 bits per heavy atom. The highest BCUT2D eigenvalue weighted by molar-refractivity contribution is 6.05. The molecule has 39 heavy (non-hydrogen) atoms. The Kier molecular flexibility index (Phi) is 7.90. The lowest BCUT2D eigenvalue weighted by atomic mass is 10.0. The molecule has 2 saturated heterocycles. The van der Waals surface area contributed by atoms with E-state index in [1.165, 1.54) is 4.90 Å². The normalized spacial score (nSPS) is 24.0. The number of rotatable bonds is 8. The fraction of sp³-hybridized carbons (Fsp3) is 0.464. The van der Waals surface area contributed by atoms with Crippen LogP contribution in [-0.2, 0) is 22.7 Å². The predicted molar refractivity (Wildman–Crippen MR) is 136 cm³/mol. The van der Waals surface area contributed by atoms with Crippen LogP contribution in [0.25, 0.3) is 0 Å². The lowest BCUT2D eigenvalue weighted by Gasteiger charge is -2.39. The number of imide groups is 1. The van der Waals surface area contributed by atoms with Gasteiger partial charge in [-0.3, -0.25) is 24.6 Å². The zero-order chi connectivity index (χ0) is 27.6. The minimum Gasteiger partial charge on any atom is -0.487 e. The van der Waals surface area contributed by atoms with Crippen LogP contribution in [0.3, 0.4) is 0 Å². The molecule has 8 nitrogen and oxygen atoms in total. The molecule has 2 aromatic rings. The average molecular weight is 545 g/mol. The van der Waals surface area contributed by atoms with Crippen molar-refractivity contribution >= 4 is 17.7 Å². The molecule has 2 N–H and O–H groups in total. The summed E-state index contributed by atoms with van der Waals surface area (Å²) in [6, 6.07) is 14.2. The second-order valence-corrected chi connectivity index (χ2v) is 10.3. The number of nitrogens with zero attached hydrogens (tertiary/aromatic N) is 2. The number of likely N-dealkylation sites (tertiary alicyclic amines) is 1. The van der Waals surface area contributed by atoms with Crippen molar-refractivity contribution in [1.82, 2.24) is 20.4 Å². The summed E-state index contributed by atoms with van der Waals surface area (Å²) in [5, 5.41) is 5.80. The topological polar surface area (TPSA) is 91.0 Å². The van der Waals surface area contributed by atoms with E-state index in [2.05, 4.69) is 10.6 Å². The zero-order valence-electron chi connectivity index (χ0n) is 21.4. The van der Waals surface area contributed by atoms with Crippen molar-refractivity contribution in [3.63, 3.8) is 0 Å². The first kappa shape index (κ1) is 27.1. The van der Waals surface area contributed by atoms with Gasteiger partial charge in [-0.2, -0.15) is 13.2 Å². The van der Waals surface area contributed by atoms with Crippen molar-refractivity contribution in [2.24, 2.45) is 0 Å². The molecule has 2 fully saturated rings. The maximum Gasteiger partial charge on any atom is 0.390 e. The van der Waals surface area contributed by atoms with E-state index in [0.717, 1.165) is 5.56 Å². The lowest BCUT2D eigenvalue weighted by Crippen LogP contribution is -2.55. The smallest absolute Gasteiger partial charge is 0.390 e. The fourth-order valence-corrected chi connectivity index (χ4v) is 5.47. The Morgan fingerprint density at radius 1 is 1.05 bits per heavy atom. The number of ether oxygens (including phenoxy) is 1. The van der Waals surface area contributed by atoms with E-state index >= 15 is 0 Å². The minimum absolute atomic E-state index is 0.0813. The SMILES string of the molecule is O=C1CCC(N2Cc3cc(O[C@H]4CN(CCC(F)(F)F)CC[C@@H]4NCc4ccccc4)ccc3C2=O)C(=O)N1. The minimum atomic E-state index is -4.22. The number of amides is 3. The number of carbonyl (C=O) groups excluding carboxylic acids is 3.